The number of thioether (sulfide) groups is 1. The van der Waals surface area contributed by atoms with E-state index < -0.39 is 6.04 Å². The maximum atomic E-state index is 13.7. The average Bonchev–Trinajstić information content (AvgIpc) is 3.34. The quantitative estimate of drug-likeness (QED) is 0.237. The van der Waals surface area contributed by atoms with E-state index in [9.17, 15) is 4.79 Å². The highest BCUT2D eigenvalue weighted by molar-refractivity contribution is 7.98. The average molecular weight is 544 g/mol. The van der Waals surface area contributed by atoms with E-state index in [1.807, 2.05) is 91.9 Å². The molecule has 1 unspecified atom stereocenters. The van der Waals surface area contributed by atoms with E-state index in [1.54, 1.807) is 17.9 Å². The summed E-state index contributed by atoms with van der Waals surface area (Å²) < 4.78 is 7.17. The molecule has 9 heteroatoms. The number of rotatable bonds is 8. The monoisotopic (exact) mass is 543 g/mol. The number of carbonyl (C=O) groups is 1. The maximum Gasteiger partial charge on any atom is 0.255 e. The Hall–Kier alpha value is -4.01. The van der Waals surface area contributed by atoms with Crippen molar-refractivity contribution < 1.29 is 9.53 Å². The molecule has 0 aliphatic carbocycles. The minimum Gasteiger partial charge on any atom is -0.495 e. The Kier molecular flexibility index (Phi) is 7.81. The lowest BCUT2D eigenvalue weighted by Gasteiger charge is -2.26. The molecule has 1 amide bonds. The van der Waals surface area contributed by atoms with Crippen LogP contribution in [0, 0.1) is 0 Å². The first-order valence-electron chi connectivity index (χ1n) is 12.0. The van der Waals surface area contributed by atoms with Gasteiger partial charge in [0.2, 0.25) is 11.1 Å². The van der Waals surface area contributed by atoms with Gasteiger partial charge in [-0.25, -0.2) is 4.68 Å². The summed E-state index contributed by atoms with van der Waals surface area (Å²) in [5, 5.41) is 12.3. The number of aromatic nitrogens is 3. The summed E-state index contributed by atoms with van der Waals surface area (Å²) >= 11 is 7.82. The lowest BCUT2D eigenvalue weighted by Crippen LogP contribution is -2.30. The van der Waals surface area contributed by atoms with Crippen LogP contribution in [0.1, 0.15) is 24.1 Å². The number of carbonyl (C=O) groups excluding carboxylic acids is 1. The standard InChI is InChI=1S/C29H26ClN5O2S/c1-19-26(27(36)32-23-14-8-9-15-25(23)37-2)24(17-16-20-10-4-3-5-11-20)35-28(31-19)33-29(34-35)38-18-21-12-6-7-13-22(21)30/h3-17,24H,18H2,1-2H3,(H,32,36)(H,31,33,34)/b17-16+. The Bertz CT molecular complexity index is 1520. The lowest BCUT2D eigenvalue weighted by molar-refractivity contribution is -0.113. The predicted octanol–water partition coefficient (Wildman–Crippen LogP) is 6.83. The molecular formula is C29H26ClN5O2S. The van der Waals surface area contributed by atoms with E-state index in [-0.39, 0.29) is 5.91 Å². The van der Waals surface area contributed by atoms with Gasteiger partial charge in [-0.05, 0) is 36.2 Å². The molecule has 2 heterocycles. The van der Waals surface area contributed by atoms with Gasteiger partial charge in [-0.1, -0.05) is 96.2 Å². The molecule has 1 aromatic heterocycles. The van der Waals surface area contributed by atoms with Crippen LogP contribution in [-0.4, -0.2) is 27.8 Å². The van der Waals surface area contributed by atoms with Crippen molar-refractivity contribution >= 4 is 47.0 Å². The first-order chi connectivity index (χ1) is 18.5. The normalized spacial score (nSPS) is 14.8. The molecule has 0 saturated heterocycles. The first-order valence-corrected chi connectivity index (χ1v) is 13.4. The third-order valence-corrected chi connectivity index (χ3v) is 7.31. The molecule has 0 spiro atoms. The second kappa shape index (κ2) is 11.6. The summed E-state index contributed by atoms with van der Waals surface area (Å²) in [5.74, 6) is 1.52. The fourth-order valence-electron chi connectivity index (χ4n) is 4.17. The van der Waals surface area contributed by atoms with Crippen LogP contribution < -0.4 is 15.4 Å². The van der Waals surface area contributed by atoms with E-state index in [0.717, 1.165) is 11.1 Å². The molecule has 0 bridgehead atoms. The van der Waals surface area contributed by atoms with Crippen LogP contribution in [0.3, 0.4) is 0 Å². The van der Waals surface area contributed by atoms with Crippen molar-refractivity contribution in [2.45, 2.75) is 23.9 Å². The van der Waals surface area contributed by atoms with Crippen molar-refractivity contribution in [2.75, 3.05) is 17.7 Å². The molecule has 1 aliphatic rings. The molecule has 192 valence electrons. The zero-order valence-electron chi connectivity index (χ0n) is 20.9. The Labute approximate surface area is 230 Å². The van der Waals surface area contributed by atoms with Crippen LogP contribution in [0.15, 0.2) is 101 Å². The van der Waals surface area contributed by atoms with E-state index in [4.69, 9.17) is 26.4 Å². The van der Waals surface area contributed by atoms with Gasteiger partial charge in [-0.15, -0.1) is 5.10 Å². The van der Waals surface area contributed by atoms with E-state index in [0.29, 0.717) is 44.6 Å². The highest BCUT2D eigenvalue weighted by Crippen LogP contribution is 2.35. The van der Waals surface area contributed by atoms with Gasteiger partial charge in [0, 0.05) is 16.5 Å². The minimum atomic E-state index is -0.483. The fourth-order valence-corrected chi connectivity index (χ4v) is 5.28. The van der Waals surface area contributed by atoms with Crippen LogP contribution in [0.5, 0.6) is 5.75 Å². The van der Waals surface area contributed by atoms with Gasteiger partial charge in [0.15, 0.2) is 0 Å². The Balaban J connectivity index is 1.47. The number of benzene rings is 3. The van der Waals surface area contributed by atoms with Crippen molar-refractivity contribution in [3.05, 3.63) is 112 Å². The van der Waals surface area contributed by atoms with Crippen LogP contribution in [0.2, 0.25) is 5.02 Å². The largest absolute Gasteiger partial charge is 0.495 e. The number of amides is 1. The Morgan fingerprint density at radius 3 is 2.63 bits per heavy atom. The molecule has 1 atom stereocenters. The van der Waals surface area contributed by atoms with Crippen LogP contribution in [0.4, 0.5) is 11.6 Å². The zero-order valence-corrected chi connectivity index (χ0v) is 22.5. The summed E-state index contributed by atoms with van der Waals surface area (Å²) in [7, 11) is 1.58. The zero-order chi connectivity index (χ0) is 26.5. The highest BCUT2D eigenvalue weighted by atomic mass is 35.5. The highest BCUT2D eigenvalue weighted by Gasteiger charge is 2.32. The summed E-state index contributed by atoms with van der Waals surface area (Å²) in [6.07, 6.45) is 3.96. The Morgan fingerprint density at radius 1 is 1.11 bits per heavy atom. The third kappa shape index (κ3) is 5.61. The molecule has 3 aromatic carbocycles. The van der Waals surface area contributed by atoms with E-state index in [2.05, 4.69) is 10.6 Å². The number of para-hydroxylation sites is 2. The second-order valence-electron chi connectivity index (χ2n) is 8.58. The van der Waals surface area contributed by atoms with Crippen LogP contribution in [0.25, 0.3) is 6.08 Å². The summed E-state index contributed by atoms with van der Waals surface area (Å²) in [5.41, 5.74) is 3.84. The second-order valence-corrected chi connectivity index (χ2v) is 9.93. The van der Waals surface area contributed by atoms with Crippen LogP contribution in [-0.2, 0) is 10.5 Å². The predicted molar refractivity (Wildman–Crippen MR) is 153 cm³/mol. The molecule has 0 fully saturated rings. The van der Waals surface area contributed by atoms with Gasteiger partial charge in [-0.3, -0.25) is 4.79 Å². The maximum absolute atomic E-state index is 13.7. The summed E-state index contributed by atoms with van der Waals surface area (Å²) in [4.78, 5) is 18.3. The number of ether oxygens (including phenoxy) is 1. The Morgan fingerprint density at radius 2 is 1.84 bits per heavy atom. The molecule has 7 nitrogen and oxygen atoms in total. The van der Waals surface area contributed by atoms with Gasteiger partial charge < -0.3 is 15.4 Å². The first kappa shape index (κ1) is 25.6. The number of fused-ring (bicyclic) bond motifs is 1. The van der Waals surface area contributed by atoms with Crippen molar-refractivity contribution in [1.29, 1.82) is 0 Å². The molecular weight excluding hydrogens is 518 g/mol. The smallest absolute Gasteiger partial charge is 0.255 e. The van der Waals surface area contributed by atoms with Crippen molar-refractivity contribution in [1.82, 2.24) is 14.8 Å². The summed E-state index contributed by atoms with van der Waals surface area (Å²) in [6.45, 7) is 1.87. The van der Waals surface area contributed by atoms with Gasteiger partial charge in [0.1, 0.15) is 11.8 Å². The van der Waals surface area contributed by atoms with Gasteiger partial charge in [0.05, 0.1) is 18.4 Å². The number of methoxy groups -OCH3 is 1. The van der Waals surface area contributed by atoms with Gasteiger partial charge in [0.25, 0.3) is 5.91 Å². The van der Waals surface area contributed by atoms with Crippen molar-refractivity contribution in [3.8, 4) is 5.75 Å². The SMILES string of the molecule is COc1ccccc1NC(=O)C1=C(C)Nc2nc(SCc3ccccc3Cl)nn2C1/C=C/c1ccccc1. The number of allylic oxidation sites excluding steroid dienone is 2. The van der Waals surface area contributed by atoms with E-state index >= 15 is 0 Å². The minimum absolute atomic E-state index is 0.256. The van der Waals surface area contributed by atoms with Gasteiger partial charge in [-0.2, -0.15) is 4.98 Å². The van der Waals surface area contributed by atoms with Gasteiger partial charge >= 0.3 is 0 Å². The molecule has 0 radical (unpaired) electrons. The van der Waals surface area contributed by atoms with E-state index in [1.165, 1.54) is 11.8 Å². The molecule has 5 rings (SSSR count). The molecule has 1 aliphatic heterocycles. The number of anilines is 2. The van der Waals surface area contributed by atoms with Crippen LogP contribution >= 0.6 is 23.4 Å². The third-order valence-electron chi connectivity index (χ3n) is 6.06. The molecule has 4 aromatic rings. The number of hydrogen-bond acceptors (Lipinski definition) is 6. The number of nitrogens with zero attached hydrogens (tertiary/aromatic N) is 3. The molecule has 2 N–H and O–H groups in total. The lowest BCUT2D eigenvalue weighted by atomic mass is 10.0. The molecule has 38 heavy (non-hydrogen) atoms. The van der Waals surface area contributed by atoms with Crippen molar-refractivity contribution in [2.24, 2.45) is 0 Å². The summed E-state index contributed by atoms with van der Waals surface area (Å²) in [6, 6.07) is 24.5. The topological polar surface area (TPSA) is 81.1 Å². The number of nitrogens with one attached hydrogen (secondary N) is 2. The molecule has 0 saturated carbocycles. The fraction of sp³-hybridized carbons (Fsp3) is 0.138. The number of hydrogen-bond donors (Lipinski definition) is 2. The number of halogens is 1. The van der Waals surface area contributed by atoms with Crippen molar-refractivity contribution in [3.63, 3.8) is 0 Å².